The van der Waals surface area contributed by atoms with Gasteiger partial charge in [-0.3, -0.25) is 10.1 Å². The molecular weight excluding hydrogens is 334 g/mol. The summed E-state index contributed by atoms with van der Waals surface area (Å²) >= 11 is 0. The van der Waals surface area contributed by atoms with E-state index in [1.54, 1.807) is 16.7 Å². The molecule has 2 heterocycles. The van der Waals surface area contributed by atoms with Gasteiger partial charge in [-0.1, -0.05) is 18.2 Å². The highest BCUT2D eigenvalue weighted by Gasteiger charge is 2.11. The summed E-state index contributed by atoms with van der Waals surface area (Å²) in [5.41, 5.74) is 2.27. The maximum absolute atomic E-state index is 11.9. The molecule has 128 valence electrons. The molecule has 0 saturated carbocycles. The third-order valence-corrected chi connectivity index (χ3v) is 3.74. The minimum atomic E-state index is -0.601. The van der Waals surface area contributed by atoms with E-state index in [0.29, 0.717) is 16.7 Å². The Morgan fingerprint density at radius 3 is 2.92 bits per heavy atom. The summed E-state index contributed by atoms with van der Waals surface area (Å²) in [5, 5.41) is 20.1. The van der Waals surface area contributed by atoms with Gasteiger partial charge in [0.25, 0.3) is 5.69 Å². The number of hydrogen-bond donors (Lipinski definition) is 0. The zero-order valence-electron chi connectivity index (χ0n) is 13.5. The molecule has 0 aliphatic heterocycles. The molecule has 3 rings (SSSR count). The summed E-state index contributed by atoms with van der Waals surface area (Å²) in [4.78, 5) is 22.1. The standard InChI is InChI=1S/C19H13N3O4/c20-11-17-15(12-21-9-2-1-6-18(17)21)13-26-19(23)8-7-14-4-3-5-16(10-14)22(24)25/h1-10,12H,13H2. The molecule has 0 atom stereocenters. The number of fused-ring (bicyclic) bond motifs is 1. The van der Waals surface area contributed by atoms with Gasteiger partial charge in [-0.25, -0.2) is 4.79 Å². The average molecular weight is 347 g/mol. The number of carbonyl (C=O) groups excluding carboxylic acids is 1. The van der Waals surface area contributed by atoms with Crippen LogP contribution in [0.3, 0.4) is 0 Å². The first-order valence-corrected chi connectivity index (χ1v) is 7.66. The molecule has 0 N–H and O–H groups in total. The van der Waals surface area contributed by atoms with E-state index in [4.69, 9.17) is 4.74 Å². The normalized spacial score (nSPS) is 10.7. The highest BCUT2D eigenvalue weighted by atomic mass is 16.6. The molecule has 7 nitrogen and oxygen atoms in total. The Hall–Kier alpha value is -3.92. The number of aromatic nitrogens is 1. The number of benzene rings is 1. The van der Waals surface area contributed by atoms with Gasteiger partial charge in [0.1, 0.15) is 12.7 Å². The molecule has 0 amide bonds. The number of esters is 1. The monoisotopic (exact) mass is 347 g/mol. The second-order valence-corrected chi connectivity index (χ2v) is 5.43. The second kappa shape index (κ2) is 7.32. The Morgan fingerprint density at radius 1 is 1.31 bits per heavy atom. The van der Waals surface area contributed by atoms with Crippen molar-refractivity contribution in [2.75, 3.05) is 0 Å². The largest absolute Gasteiger partial charge is 0.458 e. The van der Waals surface area contributed by atoms with Crippen LogP contribution in [0.2, 0.25) is 0 Å². The van der Waals surface area contributed by atoms with Crippen molar-refractivity contribution >= 4 is 23.2 Å². The predicted octanol–water partition coefficient (Wildman–Crippen LogP) is 3.48. The lowest BCUT2D eigenvalue weighted by atomic mass is 10.2. The number of rotatable bonds is 5. The molecule has 0 radical (unpaired) electrons. The quantitative estimate of drug-likeness (QED) is 0.305. The van der Waals surface area contributed by atoms with Crippen LogP contribution in [0.4, 0.5) is 5.69 Å². The van der Waals surface area contributed by atoms with Gasteiger partial charge in [-0.05, 0) is 23.8 Å². The Bertz CT molecular complexity index is 1060. The SMILES string of the molecule is N#Cc1c(COC(=O)C=Cc2cccc([N+](=O)[O-])c2)cn2ccccc12. The summed E-state index contributed by atoms with van der Waals surface area (Å²) in [6, 6.07) is 13.5. The fraction of sp³-hybridized carbons (Fsp3) is 0.0526. The van der Waals surface area contributed by atoms with E-state index in [2.05, 4.69) is 6.07 Å². The van der Waals surface area contributed by atoms with Gasteiger partial charge >= 0.3 is 5.97 Å². The van der Waals surface area contributed by atoms with Crippen LogP contribution >= 0.6 is 0 Å². The zero-order valence-corrected chi connectivity index (χ0v) is 13.5. The molecule has 2 aromatic heterocycles. The Balaban J connectivity index is 1.69. The topological polar surface area (TPSA) is 97.6 Å². The minimum Gasteiger partial charge on any atom is -0.458 e. The van der Waals surface area contributed by atoms with Crippen molar-refractivity contribution in [3.05, 3.63) is 87.7 Å². The molecule has 0 saturated heterocycles. The Kier molecular flexibility index (Phi) is 4.76. The van der Waals surface area contributed by atoms with Gasteiger partial charge < -0.3 is 9.14 Å². The van der Waals surface area contributed by atoms with E-state index in [1.165, 1.54) is 30.4 Å². The molecule has 0 aliphatic rings. The Morgan fingerprint density at radius 2 is 2.15 bits per heavy atom. The highest BCUT2D eigenvalue weighted by Crippen LogP contribution is 2.19. The minimum absolute atomic E-state index is 0.0390. The maximum atomic E-state index is 11.9. The maximum Gasteiger partial charge on any atom is 0.331 e. The van der Waals surface area contributed by atoms with Gasteiger partial charge in [-0.15, -0.1) is 0 Å². The lowest BCUT2D eigenvalue weighted by Crippen LogP contribution is -2.01. The third kappa shape index (κ3) is 3.60. The van der Waals surface area contributed by atoms with Crippen LogP contribution in [-0.4, -0.2) is 15.3 Å². The number of nitro benzene ring substituents is 1. The van der Waals surface area contributed by atoms with Gasteiger partial charge in [-0.2, -0.15) is 5.26 Å². The fourth-order valence-electron chi connectivity index (χ4n) is 2.52. The summed E-state index contributed by atoms with van der Waals surface area (Å²) in [6.45, 7) is -0.0390. The number of non-ortho nitro benzene ring substituents is 1. The van der Waals surface area contributed by atoms with E-state index >= 15 is 0 Å². The van der Waals surface area contributed by atoms with Gasteiger partial charge in [0.05, 0.1) is 16.0 Å². The summed E-state index contributed by atoms with van der Waals surface area (Å²) in [6.07, 6.45) is 6.19. The number of nitriles is 1. The summed E-state index contributed by atoms with van der Waals surface area (Å²) in [7, 11) is 0. The van der Waals surface area contributed by atoms with Crippen molar-refractivity contribution in [2.45, 2.75) is 6.61 Å². The third-order valence-electron chi connectivity index (χ3n) is 3.74. The first kappa shape index (κ1) is 16.9. The first-order valence-electron chi connectivity index (χ1n) is 7.66. The van der Waals surface area contributed by atoms with Crippen LogP contribution in [0.25, 0.3) is 11.6 Å². The molecular formula is C19H13N3O4. The van der Waals surface area contributed by atoms with Crippen molar-refractivity contribution < 1.29 is 14.5 Å². The first-order chi connectivity index (χ1) is 12.6. The van der Waals surface area contributed by atoms with Crippen LogP contribution in [0, 0.1) is 21.4 Å². The molecule has 0 spiro atoms. The number of ether oxygens (including phenoxy) is 1. The molecule has 26 heavy (non-hydrogen) atoms. The second-order valence-electron chi connectivity index (χ2n) is 5.43. The number of carbonyl (C=O) groups is 1. The van der Waals surface area contributed by atoms with E-state index in [-0.39, 0.29) is 12.3 Å². The van der Waals surface area contributed by atoms with Crippen molar-refractivity contribution in [3.8, 4) is 6.07 Å². The van der Waals surface area contributed by atoms with Crippen molar-refractivity contribution in [2.24, 2.45) is 0 Å². The fourth-order valence-corrected chi connectivity index (χ4v) is 2.52. The molecule has 0 fully saturated rings. The Labute approximate surface area is 148 Å². The van der Waals surface area contributed by atoms with E-state index in [9.17, 15) is 20.2 Å². The molecule has 3 aromatic rings. The van der Waals surface area contributed by atoms with E-state index < -0.39 is 10.9 Å². The number of nitro groups is 1. The van der Waals surface area contributed by atoms with Crippen molar-refractivity contribution in [1.82, 2.24) is 4.40 Å². The van der Waals surface area contributed by atoms with Crippen LogP contribution in [0.15, 0.2) is 60.9 Å². The van der Waals surface area contributed by atoms with Crippen LogP contribution in [0.5, 0.6) is 0 Å². The summed E-state index contributed by atoms with van der Waals surface area (Å²) in [5.74, 6) is -0.601. The van der Waals surface area contributed by atoms with Gasteiger partial charge in [0.2, 0.25) is 0 Å². The van der Waals surface area contributed by atoms with Crippen molar-refractivity contribution in [1.29, 1.82) is 5.26 Å². The van der Waals surface area contributed by atoms with E-state index in [0.717, 1.165) is 5.52 Å². The molecule has 0 bridgehead atoms. The average Bonchev–Trinajstić information content (AvgIpc) is 3.02. The molecule has 7 heteroatoms. The zero-order chi connectivity index (χ0) is 18.5. The van der Waals surface area contributed by atoms with Gasteiger partial charge in [0.15, 0.2) is 0 Å². The predicted molar refractivity (Wildman–Crippen MR) is 94.0 cm³/mol. The number of nitrogens with zero attached hydrogens (tertiary/aromatic N) is 3. The lowest BCUT2D eigenvalue weighted by molar-refractivity contribution is -0.384. The van der Waals surface area contributed by atoms with Crippen molar-refractivity contribution in [3.63, 3.8) is 0 Å². The molecule has 0 aliphatic carbocycles. The summed E-state index contributed by atoms with van der Waals surface area (Å²) < 4.78 is 6.97. The highest BCUT2D eigenvalue weighted by molar-refractivity contribution is 5.87. The lowest BCUT2D eigenvalue weighted by Gasteiger charge is -2.00. The van der Waals surface area contributed by atoms with Crippen LogP contribution < -0.4 is 0 Å². The number of hydrogen-bond acceptors (Lipinski definition) is 5. The van der Waals surface area contributed by atoms with Crippen LogP contribution in [-0.2, 0) is 16.1 Å². The molecule has 0 unspecified atom stereocenters. The smallest absolute Gasteiger partial charge is 0.331 e. The van der Waals surface area contributed by atoms with Crippen LogP contribution in [0.1, 0.15) is 16.7 Å². The van der Waals surface area contributed by atoms with Gasteiger partial charge in [0, 0.05) is 36.2 Å². The van der Waals surface area contributed by atoms with E-state index in [1.807, 2.05) is 24.4 Å². The molecule has 1 aromatic carbocycles. The number of pyridine rings is 1.